The van der Waals surface area contributed by atoms with Crippen LogP contribution >= 0.6 is 0 Å². The largest absolute Gasteiger partial charge is 0.494 e. The number of hydrogen-bond acceptors (Lipinski definition) is 7. The van der Waals surface area contributed by atoms with E-state index in [4.69, 9.17) is 14.6 Å². The Bertz CT molecular complexity index is 1160. The molecule has 3 aromatic rings. The molecule has 1 aliphatic rings. The molecule has 0 aliphatic heterocycles. The number of ether oxygens (including phenoxy) is 2. The molecular weight excluding hydrogens is 430 g/mol. The fraction of sp³-hybridized carbons (Fsp3) is 0.174. The van der Waals surface area contributed by atoms with Crippen molar-refractivity contribution in [1.82, 2.24) is 15.6 Å². The van der Waals surface area contributed by atoms with Crippen LogP contribution in [0.5, 0.6) is 17.5 Å². The van der Waals surface area contributed by atoms with Crippen molar-refractivity contribution in [3.05, 3.63) is 65.7 Å². The molecule has 0 atom stereocenters. The summed E-state index contributed by atoms with van der Waals surface area (Å²) in [6, 6.07) is 16.9. The molecule has 0 bridgehead atoms. The predicted octanol–water partition coefficient (Wildman–Crippen LogP) is 1.99. The highest BCUT2D eigenvalue weighted by molar-refractivity contribution is 5.86. The standard InChI is InChI=1S/C23H21N3O7/c27-19-9-18(22(30)26-19)33-21(29)11-24-20(28)10-25-23(31)32-12-17-15-7-3-1-5-13(15)14-6-2-4-8-16(14)17/h1-9,17,26-27,30H,10-12H2,(H,24,28)(H,25,31). The Morgan fingerprint density at radius 1 is 0.909 bits per heavy atom. The molecule has 0 fully saturated rings. The topological polar surface area (TPSA) is 150 Å². The molecule has 170 valence electrons. The number of nitrogens with one attached hydrogen (secondary N) is 3. The monoisotopic (exact) mass is 451 g/mol. The highest BCUT2D eigenvalue weighted by Crippen LogP contribution is 2.44. The summed E-state index contributed by atoms with van der Waals surface area (Å²) in [5.41, 5.74) is 4.36. The van der Waals surface area contributed by atoms with Crippen molar-refractivity contribution >= 4 is 18.0 Å². The van der Waals surface area contributed by atoms with Crippen molar-refractivity contribution in [1.29, 1.82) is 0 Å². The summed E-state index contributed by atoms with van der Waals surface area (Å²) in [6.45, 7) is -0.794. The zero-order valence-electron chi connectivity index (χ0n) is 17.3. The summed E-state index contributed by atoms with van der Waals surface area (Å²) in [4.78, 5) is 37.8. The third-order valence-corrected chi connectivity index (χ3v) is 5.14. The van der Waals surface area contributed by atoms with Crippen LogP contribution in [0.25, 0.3) is 11.1 Å². The number of H-pyrrole nitrogens is 1. The first-order valence-electron chi connectivity index (χ1n) is 10.1. The van der Waals surface area contributed by atoms with Gasteiger partial charge in [0, 0.05) is 12.0 Å². The number of aromatic amines is 1. The third-order valence-electron chi connectivity index (χ3n) is 5.14. The Morgan fingerprint density at radius 2 is 1.55 bits per heavy atom. The van der Waals surface area contributed by atoms with Gasteiger partial charge >= 0.3 is 12.1 Å². The van der Waals surface area contributed by atoms with Crippen LogP contribution in [0.3, 0.4) is 0 Å². The van der Waals surface area contributed by atoms with E-state index < -0.39 is 36.9 Å². The Morgan fingerprint density at radius 3 is 2.15 bits per heavy atom. The molecule has 10 nitrogen and oxygen atoms in total. The van der Waals surface area contributed by atoms with Gasteiger partial charge in [-0.05, 0) is 22.3 Å². The molecule has 1 heterocycles. The summed E-state index contributed by atoms with van der Waals surface area (Å²) in [5.74, 6) is -2.80. The number of alkyl carbamates (subject to hydrolysis) is 1. The van der Waals surface area contributed by atoms with E-state index in [1.165, 1.54) is 0 Å². The van der Waals surface area contributed by atoms with Crippen molar-refractivity contribution in [2.45, 2.75) is 5.92 Å². The smallest absolute Gasteiger partial charge is 0.407 e. The van der Waals surface area contributed by atoms with Gasteiger partial charge in [-0.15, -0.1) is 0 Å². The minimum Gasteiger partial charge on any atom is -0.494 e. The Labute approximate surface area is 188 Å². The number of amides is 2. The first kappa shape index (κ1) is 21.8. The Hall–Kier alpha value is -4.47. The molecule has 0 radical (unpaired) electrons. The van der Waals surface area contributed by atoms with Gasteiger partial charge < -0.3 is 30.3 Å². The lowest BCUT2D eigenvalue weighted by molar-refractivity contribution is -0.135. The number of fused-ring (bicyclic) bond motifs is 3. The van der Waals surface area contributed by atoms with Crippen molar-refractivity contribution < 1.29 is 34.1 Å². The Kier molecular flexibility index (Phi) is 6.16. The molecule has 4 rings (SSSR count). The van der Waals surface area contributed by atoms with Crippen molar-refractivity contribution in [2.24, 2.45) is 0 Å². The molecule has 33 heavy (non-hydrogen) atoms. The molecule has 1 aliphatic carbocycles. The first-order valence-corrected chi connectivity index (χ1v) is 10.1. The van der Waals surface area contributed by atoms with Crippen LogP contribution in [0.15, 0.2) is 54.6 Å². The van der Waals surface area contributed by atoms with Crippen LogP contribution in [0, 0.1) is 0 Å². The van der Waals surface area contributed by atoms with Gasteiger partial charge in [0.25, 0.3) is 0 Å². The second kappa shape index (κ2) is 9.35. The molecular formula is C23H21N3O7. The number of rotatable bonds is 7. The summed E-state index contributed by atoms with van der Waals surface area (Å²) in [5, 5.41) is 23.2. The van der Waals surface area contributed by atoms with E-state index in [0.29, 0.717) is 0 Å². The average Bonchev–Trinajstić information content (AvgIpc) is 3.30. The van der Waals surface area contributed by atoms with Gasteiger partial charge in [-0.2, -0.15) is 0 Å². The second-order valence-corrected chi connectivity index (χ2v) is 7.30. The molecule has 2 amide bonds. The van der Waals surface area contributed by atoms with Crippen molar-refractivity contribution in [2.75, 3.05) is 19.7 Å². The number of carbonyl (C=O) groups excluding carboxylic acids is 3. The van der Waals surface area contributed by atoms with Gasteiger partial charge in [0.2, 0.25) is 11.8 Å². The van der Waals surface area contributed by atoms with Crippen LogP contribution in [-0.2, 0) is 14.3 Å². The van der Waals surface area contributed by atoms with Gasteiger partial charge in [0.15, 0.2) is 11.6 Å². The Balaban J connectivity index is 1.22. The van der Waals surface area contributed by atoms with E-state index in [1.807, 2.05) is 48.5 Å². The van der Waals surface area contributed by atoms with E-state index in [2.05, 4.69) is 15.6 Å². The molecule has 0 saturated carbocycles. The quantitative estimate of drug-likeness (QED) is 0.345. The highest BCUT2D eigenvalue weighted by atomic mass is 16.6. The average molecular weight is 451 g/mol. The zero-order valence-corrected chi connectivity index (χ0v) is 17.3. The van der Waals surface area contributed by atoms with E-state index in [0.717, 1.165) is 28.3 Å². The maximum atomic E-state index is 12.1. The second-order valence-electron chi connectivity index (χ2n) is 7.30. The van der Waals surface area contributed by atoms with Gasteiger partial charge in [-0.25, -0.2) is 9.59 Å². The number of hydrogen-bond donors (Lipinski definition) is 5. The molecule has 0 spiro atoms. The van der Waals surface area contributed by atoms with Gasteiger partial charge in [-0.1, -0.05) is 48.5 Å². The maximum Gasteiger partial charge on any atom is 0.407 e. The predicted molar refractivity (Wildman–Crippen MR) is 116 cm³/mol. The third kappa shape index (κ3) is 4.90. The fourth-order valence-corrected chi connectivity index (χ4v) is 3.68. The zero-order chi connectivity index (χ0) is 23.4. The van der Waals surface area contributed by atoms with Crippen molar-refractivity contribution in [3.8, 4) is 28.6 Å². The van der Waals surface area contributed by atoms with E-state index in [9.17, 15) is 19.5 Å². The van der Waals surface area contributed by atoms with Gasteiger partial charge in [0.1, 0.15) is 19.7 Å². The SMILES string of the molecule is O=C(CNC(=O)OCC1c2ccccc2-c2ccccc21)NCC(=O)Oc1cc(O)[nH]c1O. The number of benzene rings is 2. The first-order chi connectivity index (χ1) is 15.9. The van der Waals surface area contributed by atoms with E-state index in [-0.39, 0.29) is 24.2 Å². The van der Waals surface area contributed by atoms with Crippen LogP contribution in [0.4, 0.5) is 4.79 Å². The van der Waals surface area contributed by atoms with Gasteiger partial charge in [0.05, 0.1) is 0 Å². The number of aromatic hydroxyl groups is 2. The van der Waals surface area contributed by atoms with Crippen LogP contribution in [0.1, 0.15) is 17.0 Å². The normalized spacial score (nSPS) is 11.9. The van der Waals surface area contributed by atoms with Gasteiger partial charge in [-0.3, -0.25) is 9.78 Å². The number of carbonyl (C=O) groups is 3. The lowest BCUT2D eigenvalue weighted by Crippen LogP contribution is -2.40. The van der Waals surface area contributed by atoms with Crippen molar-refractivity contribution in [3.63, 3.8) is 0 Å². The van der Waals surface area contributed by atoms with Crippen LogP contribution in [0.2, 0.25) is 0 Å². The molecule has 0 saturated heterocycles. The summed E-state index contributed by atoms with van der Waals surface area (Å²) < 4.78 is 10.1. The molecule has 1 aromatic heterocycles. The van der Waals surface area contributed by atoms with E-state index in [1.54, 1.807) is 0 Å². The summed E-state index contributed by atoms with van der Waals surface area (Å²) >= 11 is 0. The minimum atomic E-state index is -0.876. The maximum absolute atomic E-state index is 12.1. The molecule has 5 N–H and O–H groups in total. The molecule has 0 unspecified atom stereocenters. The van der Waals surface area contributed by atoms with Crippen LogP contribution < -0.4 is 15.4 Å². The minimum absolute atomic E-state index is 0.101. The van der Waals surface area contributed by atoms with E-state index >= 15 is 0 Å². The highest BCUT2D eigenvalue weighted by Gasteiger charge is 2.29. The molecule has 2 aromatic carbocycles. The lowest BCUT2D eigenvalue weighted by Gasteiger charge is -2.14. The van der Waals surface area contributed by atoms with Crippen LogP contribution in [-0.4, -0.2) is 52.9 Å². The number of aromatic nitrogens is 1. The molecule has 10 heteroatoms. The summed E-state index contributed by atoms with van der Waals surface area (Å²) in [7, 11) is 0. The summed E-state index contributed by atoms with van der Waals surface area (Å²) in [6.07, 6.45) is -0.762. The lowest BCUT2D eigenvalue weighted by atomic mass is 9.98. The number of esters is 1. The fourth-order valence-electron chi connectivity index (χ4n) is 3.68.